The number of carbonyl (C=O) groups excluding carboxylic acids is 1. The van der Waals surface area contributed by atoms with E-state index in [2.05, 4.69) is 0 Å². The third kappa shape index (κ3) is 3.93. The molecule has 0 unspecified atom stereocenters. The van der Waals surface area contributed by atoms with Crippen molar-refractivity contribution in [3.63, 3.8) is 0 Å². The predicted octanol–water partition coefficient (Wildman–Crippen LogP) is 3.36. The van der Waals surface area contributed by atoms with E-state index in [-0.39, 0.29) is 18.2 Å². The summed E-state index contributed by atoms with van der Waals surface area (Å²) in [6, 6.07) is 7.62. The average Bonchev–Trinajstić information content (AvgIpc) is 2.73. The van der Waals surface area contributed by atoms with Gasteiger partial charge in [-0.05, 0) is 52.3 Å². The molecule has 1 aromatic carbocycles. The summed E-state index contributed by atoms with van der Waals surface area (Å²) in [5.41, 5.74) is 0.0658. The summed E-state index contributed by atoms with van der Waals surface area (Å²) in [4.78, 5) is 12.1. The maximum atomic E-state index is 12.1. The minimum absolute atomic E-state index is 0.205. The van der Waals surface area contributed by atoms with E-state index in [4.69, 9.17) is 18.8 Å². The molecule has 0 N–H and O–H groups in total. The van der Waals surface area contributed by atoms with E-state index >= 15 is 0 Å². The average molecular weight is 334 g/mol. The fourth-order valence-corrected chi connectivity index (χ4v) is 2.67. The van der Waals surface area contributed by atoms with Gasteiger partial charge in [0.1, 0.15) is 5.75 Å². The van der Waals surface area contributed by atoms with Gasteiger partial charge in [-0.1, -0.05) is 12.1 Å². The molecular weight excluding hydrogens is 307 g/mol. The maximum absolute atomic E-state index is 12.1. The molecule has 0 spiro atoms. The van der Waals surface area contributed by atoms with Crippen LogP contribution < -0.4 is 4.74 Å². The van der Waals surface area contributed by atoms with Crippen LogP contribution in [0, 0.1) is 0 Å². The first-order valence-electron chi connectivity index (χ1n) is 8.35. The molecule has 0 radical (unpaired) electrons. The lowest BCUT2D eigenvalue weighted by atomic mass is 9.66. The zero-order valence-corrected chi connectivity index (χ0v) is 15.4. The standard InChI is InChI=1S/C18H27BO5/c1-7-22-16(20)12-15(13-8-10-14(21-6)11-9-13)19-23-17(2,3)18(4,5)24-19/h8-11,15H,7,12H2,1-6H3/t15-/m0/s1. The number of hydrogen-bond acceptors (Lipinski definition) is 5. The van der Waals surface area contributed by atoms with Gasteiger partial charge in [0.2, 0.25) is 0 Å². The van der Waals surface area contributed by atoms with Crippen molar-refractivity contribution in [2.45, 2.75) is 58.1 Å². The smallest absolute Gasteiger partial charge is 0.466 e. The molecule has 1 heterocycles. The van der Waals surface area contributed by atoms with E-state index in [1.54, 1.807) is 14.0 Å². The van der Waals surface area contributed by atoms with Gasteiger partial charge in [0.15, 0.2) is 0 Å². The number of carbonyl (C=O) groups is 1. The summed E-state index contributed by atoms with van der Waals surface area (Å²) in [5, 5.41) is 0. The molecule has 0 amide bonds. The number of benzene rings is 1. The second kappa shape index (κ2) is 7.15. The first kappa shape index (κ1) is 18.8. The van der Waals surface area contributed by atoms with Crippen molar-refractivity contribution in [3.05, 3.63) is 29.8 Å². The lowest BCUT2D eigenvalue weighted by Crippen LogP contribution is -2.41. The number of hydrogen-bond donors (Lipinski definition) is 0. The fraction of sp³-hybridized carbons (Fsp3) is 0.611. The minimum Gasteiger partial charge on any atom is -0.497 e. The highest BCUT2D eigenvalue weighted by Gasteiger charge is 2.54. The molecule has 2 rings (SSSR count). The molecule has 1 saturated heterocycles. The normalized spacial score (nSPS) is 19.8. The molecule has 0 saturated carbocycles. The first-order chi connectivity index (χ1) is 11.2. The minimum atomic E-state index is -0.507. The lowest BCUT2D eigenvalue weighted by Gasteiger charge is -2.32. The summed E-state index contributed by atoms with van der Waals surface area (Å²) in [6.45, 7) is 10.2. The lowest BCUT2D eigenvalue weighted by molar-refractivity contribution is -0.143. The molecule has 5 nitrogen and oxygen atoms in total. The Kier molecular flexibility index (Phi) is 5.61. The Morgan fingerprint density at radius 2 is 1.67 bits per heavy atom. The highest BCUT2D eigenvalue weighted by atomic mass is 16.7. The summed E-state index contributed by atoms with van der Waals surface area (Å²) >= 11 is 0. The van der Waals surface area contributed by atoms with Gasteiger partial charge in [0.25, 0.3) is 0 Å². The Hall–Kier alpha value is -1.53. The van der Waals surface area contributed by atoms with Crippen LogP contribution in [-0.2, 0) is 18.8 Å². The van der Waals surface area contributed by atoms with Crippen LogP contribution in [0.25, 0.3) is 0 Å². The van der Waals surface area contributed by atoms with Crippen LogP contribution >= 0.6 is 0 Å². The molecule has 1 aromatic rings. The molecular formula is C18H27BO5. The molecule has 1 aliphatic rings. The Morgan fingerprint density at radius 3 is 2.12 bits per heavy atom. The Morgan fingerprint density at radius 1 is 1.12 bits per heavy atom. The monoisotopic (exact) mass is 334 g/mol. The van der Waals surface area contributed by atoms with Crippen LogP contribution in [0.2, 0.25) is 0 Å². The van der Waals surface area contributed by atoms with Gasteiger partial charge in [0.05, 0.1) is 31.3 Å². The van der Waals surface area contributed by atoms with Crippen molar-refractivity contribution >= 4 is 13.1 Å². The van der Waals surface area contributed by atoms with Gasteiger partial charge < -0.3 is 18.8 Å². The molecule has 0 aliphatic carbocycles. The number of ether oxygens (including phenoxy) is 2. The van der Waals surface area contributed by atoms with Gasteiger partial charge in [-0.3, -0.25) is 4.79 Å². The maximum Gasteiger partial charge on any atom is 0.466 e. The summed E-state index contributed by atoms with van der Waals surface area (Å²) in [5.74, 6) is 0.270. The van der Waals surface area contributed by atoms with Crippen LogP contribution in [0.1, 0.15) is 52.4 Å². The second-order valence-electron chi connectivity index (χ2n) is 7.01. The Bertz CT molecular complexity index is 551. The first-order valence-corrected chi connectivity index (χ1v) is 8.35. The van der Waals surface area contributed by atoms with Crippen LogP contribution in [0.15, 0.2) is 24.3 Å². The number of rotatable bonds is 6. The largest absolute Gasteiger partial charge is 0.497 e. The van der Waals surface area contributed by atoms with E-state index < -0.39 is 18.3 Å². The van der Waals surface area contributed by atoms with Crippen molar-refractivity contribution in [1.29, 1.82) is 0 Å². The van der Waals surface area contributed by atoms with Gasteiger partial charge in [-0.25, -0.2) is 0 Å². The van der Waals surface area contributed by atoms with Crippen LogP contribution in [0.5, 0.6) is 5.75 Å². The zero-order valence-electron chi connectivity index (χ0n) is 15.4. The van der Waals surface area contributed by atoms with Crippen molar-refractivity contribution < 1.29 is 23.6 Å². The summed E-state index contributed by atoms with van der Waals surface area (Å²) < 4.78 is 22.6. The van der Waals surface area contributed by atoms with Crippen LogP contribution in [0.3, 0.4) is 0 Å². The molecule has 24 heavy (non-hydrogen) atoms. The Balaban J connectivity index is 2.27. The van der Waals surface area contributed by atoms with E-state index in [0.717, 1.165) is 11.3 Å². The number of methoxy groups -OCH3 is 1. The second-order valence-corrected chi connectivity index (χ2v) is 7.01. The van der Waals surface area contributed by atoms with E-state index in [1.165, 1.54) is 0 Å². The number of esters is 1. The van der Waals surface area contributed by atoms with Crippen molar-refractivity contribution in [3.8, 4) is 5.75 Å². The predicted molar refractivity (Wildman–Crippen MR) is 93.1 cm³/mol. The van der Waals surface area contributed by atoms with E-state index in [1.807, 2.05) is 52.0 Å². The molecule has 1 atom stereocenters. The van der Waals surface area contributed by atoms with E-state index in [9.17, 15) is 4.79 Å². The zero-order chi connectivity index (χ0) is 18.0. The Labute approximate surface area is 144 Å². The van der Waals surface area contributed by atoms with Crippen LogP contribution in [-0.4, -0.2) is 38.0 Å². The van der Waals surface area contributed by atoms with Gasteiger partial charge >= 0.3 is 13.1 Å². The molecule has 0 aromatic heterocycles. The topological polar surface area (TPSA) is 54.0 Å². The van der Waals surface area contributed by atoms with Crippen molar-refractivity contribution in [2.75, 3.05) is 13.7 Å². The third-order valence-electron chi connectivity index (χ3n) is 4.84. The molecule has 1 fully saturated rings. The SMILES string of the molecule is CCOC(=O)C[C@H](B1OC(C)(C)C(C)(C)O1)c1ccc(OC)cc1. The van der Waals surface area contributed by atoms with E-state index in [0.29, 0.717) is 6.61 Å². The highest BCUT2D eigenvalue weighted by molar-refractivity contribution is 6.48. The summed E-state index contributed by atoms with van der Waals surface area (Å²) in [7, 11) is 1.12. The van der Waals surface area contributed by atoms with Gasteiger partial charge in [0, 0.05) is 5.82 Å². The molecule has 132 valence electrons. The fourth-order valence-electron chi connectivity index (χ4n) is 2.67. The van der Waals surface area contributed by atoms with Crippen molar-refractivity contribution in [1.82, 2.24) is 0 Å². The van der Waals surface area contributed by atoms with Crippen molar-refractivity contribution in [2.24, 2.45) is 0 Å². The highest BCUT2D eigenvalue weighted by Crippen LogP contribution is 2.42. The molecule has 6 heteroatoms. The third-order valence-corrected chi connectivity index (χ3v) is 4.84. The van der Waals surface area contributed by atoms with Gasteiger partial charge in [-0.2, -0.15) is 0 Å². The summed E-state index contributed by atoms with van der Waals surface area (Å²) in [6.07, 6.45) is 0.205. The molecule has 0 bridgehead atoms. The van der Waals surface area contributed by atoms with Gasteiger partial charge in [-0.15, -0.1) is 0 Å². The van der Waals surface area contributed by atoms with Crippen LogP contribution in [0.4, 0.5) is 0 Å². The quantitative estimate of drug-likeness (QED) is 0.590. The molecule has 1 aliphatic heterocycles.